The molecular weight excluding hydrogens is 234 g/mol. The molecule has 0 saturated carbocycles. The topological polar surface area (TPSA) is 29.1 Å². The minimum atomic E-state index is -0.0267. The Morgan fingerprint density at radius 3 is 2.37 bits per heavy atom. The predicted molar refractivity (Wildman–Crippen MR) is 78.9 cm³/mol. The van der Waals surface area contributed by atoms with E-state index in [0.29, 0.717) is 0 Å². The molecule has 2 aromatic carbocycles. The number of rotatable bonds is 1. The van der Waals surface area contributed by atoms with Crippen LogP contribution in [0.5, 0.6) is 0 Å². The molecule has 3 rings (SSSR count). The summed E-state index contributed by atoms with van der Waals surface area (Å²) in [5.74, 6) is -0.0267. The first-order chi connectivity index (χ1) is 9.13. The van der Waals surface area contributed by atoms with Crippen molar-refractivity contribution in [2.45, 2.75) is 13.8 Å². The number of carbonyl (C=O) groups is 1. The lowest BCUT2D eigenvalue weighted by atomic mass is 10.0. The third-order valence-corrected chi connectivity index (χ3v) is 3.35. The van der Waals surface area contributed by atoms with Crippen LogP contribution in [0, 0.1) is 13.8 Å². The van der Waals surface area contributed by atoms with Crippen molar-refractivity contribution in [2.75, 3.05) is 5.32 Å². The summed E-state index contributed by atoms with van der Waals surface area (Å²) in [6.07, 6.45) is 1.94. The van der Waals surface area contributed by atoms with Crippen molar-refractivity contribution in [1.29, 1.82) is 0 Å². The fraction of sp³-hybridized carbons (Fsp3) is 0.118. The van der Waals surface area contributed by atoms with Gasteiger partial charge in [-0.25, -0.2) is 0 Å². The average molecular weight is 249 g/mol. The quantitative estimate of drug-likeness (QED) is 0.765. The second kappa shape index (κ2) is 4.39. The number of amides is 1. The van der Waals surface area contributed by atoms with Crippen molar-refractivity contribution < 1.29 is 4.79 Å². The SMILES string of the molecule is Cc1ccc(/C=C2/C(=O)Nc3ccc(C)cc32)cc1. The molecule has 94 valence electrons. The Morgan fingerprint density at radius 2 is 1.63 bits per heavy atom. The summed E-state index contributed by atoms with van der Waals surface area (Å²) in [4.78, 5) is 12.0. The van der Waals surface area contributed by atoms with Crippen LogP contribution < -0.4 is 5.32 Å². The van der Waals surface area contributed by atoms with Crippen LogP contribution in [0.15, 0.2) is 42.5 Å². The van der Waals surface area contributed by atoms with E-state index < -0.39 is 0 Å². The molecule has 1 N–H and O–H groups in total. The van der Waals surface area contributed by atoms with Gasteiger partial charge in [-0.05, 0) is 37.6 Å². The zero-order valence-electron chi connectivity index (χ0n) is 11.0. The van der Waals surface area contributed by atoms with Gasteiger partial charge in [0.2, 0.25) is 0 Å². The Kier molecular flexibility index (Phi) is 2.71. The molecule has 1 amide bonds. The van der Waals surface area contributed by atoms with Crippen molar-refractivity contribution >= 4 is 23.2 Å². The number of carbonyl (C=O) groups excluding carboxylic acids is 1. The van der Waals surface area contributed by atoms with Crippen LogP contribution in [0.4, 0.5) is 5.69 Å². The minimum absolute atomic E-state index is 0.0267. The summed E-state index contributed by atoms with van der Waals surface area (Å²) < 4.78 is 0. The van der Waals surface area contributed by atoms with Crippen molar-refractivity contribution in [2.24, 2.45) is 0 Å². The zero-order chi connectivity index (χ0) is 13.4. The van der Waals surface area contributed by atoms with Gasteiger partial charge in [0.15, 0.2) is 0 Å². The van der Waals surface area contributed by atoms with E-state index in [2.05, 4.69) is 24.4 Å². The van der Waals surface area contributed by atoms with Gasteiger partial charge >= 0.3 is 0 Å². The van der Waals surface area contributed by atoms with Crippen molar-refractivity contribution in [3.05, 3.63) is 64.7 Å². The first kappa shape index (κ1) is 11.7. The largest absolute Gasteiger partial charge is 0.321 e. The second-order valence-corrected chi connectivity index (χ2v) is 4.97. The van der Waals surface area contributed by atoms with Gasteiger partial charge < -0.3 is 5.32 Å². The molecule has 0 radical (unpaired) electrons. The van der Waals surface area contributed by atoms with E-state index in [0.717, 1.165) is 28.0 Å². The molecule has 0 spiro atoms. The highest BCUT2D eigenvalue weighted by molar-refractivity contribution is 6.34. The van der Waals surface area contributed by atoms with Crippen LogP contribution in [-0.2, 0) is 4.79 Å². The molecule has 1 aliphatic rings. The smallest absolute Gasteiger partial charge is 0.256 e. The van der Waals surface area contributed by atoms with Crippen LogP contribution in [0.25, 0.3) is 11.6 Å². The first-order valence-corrected chi connectivity index (χ1v) is 6.34. The predicted octanol–water partition coefficient (Wildman–Crippen LogP) is 3.80. The summed E-state index contributed by atoms with van der Waals surface area (Å²) in [5, 5.41) is 2.90. The van der Waals surface area contributed by atoms with Crippen LogP contribution in [0.3, 0.4) is 0 Å². The van der Waals surface area contributed by atoms with Crippen molar-refractivity contribution in [3.63, 3.8) is 0 Å². The third kappa shape index (κ3) is 2.17. The van der Waals surface area contributed by atoms with E-state index in [1.54, 1.807) is 0 Å². The Bertz CT molecular complexity index is 681. The molecule has 0 atom stereocenters. The number of hydrogen-bond acceptors (Lipinski definition) is 1. The molecule has 1 aliphatic heterocycles. The molecule has 2 nitrogen and oxygen atoms in total. The van der Waals surface area contributed by atoms with Gasteiger partial charge in [-0.2, -0.15) is 0 Å². The van der Waals surface area contributed by atoms with Gasteiger partial charge in [-0.3, -0.25) is 4.79 Å². The number of fused-ring (bicyclic) bond motifs is 1. The maximum atomic E-state index is 12.0. The minimum Gasteiger partial charge on any atom is -0.321 e. The van der Waals surface area contributed by atoms with E-state index in [9.17, 15) is 4.79 Å². The van der Waals surface area contributed by atoms with Gasteiger partial charge in [-0.15, -0.1) is 0 Å². The third-order valence-electron chi connectivity index (χ3n) is 3.35. The molecule has 2 heteroatoms. The summed E-state index contributed by atoms with van der Waals surface area (Å²) in [6, 6.07) is 14.2. The Balaban J connectivity index is 2.08. The molecule has 0 aromatic heterocycles. The molecule has 2 aromatic rings. The van der Waals surface area contributed by atoms with Crippen LogP contribution in [0.1, 0.15) is 22.3 Å². The van der Waals surface area contributed by atoms with E-state index in [1.165, 1.54) is 5.56 Å². The summed E-state index contributed by atoms with van der Waals surface area (Å²) in [7, 11) is 0. The summed E-state index contributed by atoms with van der Waals surface area (Å²) in [5.41, 5.74) is 6.05. The molecule has 0 bridgehead atoms. The van der Waals surface area contributed by atoms with E-state index in [1.807, 2.05) is 43.3 Å². The summed E-state index contributed by atoms with van der Waals surface area (Å²) >= 11 is 0. The highest BCUT2D eigenvalue weighted by Crippen LogP contribution is 2.33. The molecule has 19 heavy (non-hydrogen) atoms. The normalized spacial score (nSPS) is 15.5. The van der Waals surface area contributed by atoms with Crippen LogP contribution in [-0.4, -0.2) is 5.91 Å². The molecular formula is C17H15NO. The molecule has 0 unspecified atom stereocenters. The van der Waals surface area contributed by atoms with Gasteiger partial charge in [-0.1, -0.05) is 41.5 Å². The lowest BCUT2D eigenvalue weighted by molar-refractivity contribution is -0.110. The maximum Gasteiger partial charge on any atom is 0.256 e. The lowest BCUT2D eigenvalue weighted by Gasteiger charge is -2.01. The number of hydrogen-bond donors (Lipinski definition) is 1. The highest BCUT2D eigenvalue weighted by atomic mass is 16.2. The van der Waals surface area contributed by atoms with Gasteiger partial charge in [0.1, 0.15) is 0 Å². The van der Waals surface area contributed by atoms with Crippen LogP contribution >= 0.6 is 0 Å². The maximum absolute atomic E-state index is 12.0. The second-order valence-electron chi connectivity index (χ2n) is 4.97. The van der Waals surface area contributed by atoms with E-state index in [4.69, 9.17) is 0 Å². The van der Waals surface area contributed by atoms with Crippen molar-refractivity contribution in [3.8, 4) is 0 Å². The van der Waals surface area contributed by atoms with Gasteiger partial charge in [0.25, 0.3) is 5.91 Å². The van der Waals surface area contributed by atoms with E-state index >= 15 is 0 Å². The van der Waals surface area contributed by atoms with E-state index in [-0.39, 0.29) is 5.91 Å². The molecule has 1 heterocycles. The highest BCUT2D eigenvalue weighted by Gasteiger charge is 2.23. The number of nitrogens with one attached hydrogen (secondary N) is 1. The first-order valence-electron chi connectivity index (χ1n) is 6.34. The van der Waals surface area contributed by atoms with Crippen LogP contribution in [0.2, 0.25) is 0 Å². The number of anilines is 1. The monoisotopic (exact) mass is 249 g/mol. The molecule has 0 aliphatic carbocycles. The Morgan fingerprint density at radius 1 is 0.947 bits per heavy atom. The Hall–Kier alpha value is -2.35. The van der Waals surface area contributed by atoms with Crippen molar-refractivity contribution in [1.82, 2.24) is 0 Å². The lowest BCUT2D eigenvalue weighted by Crippen LogP contribution is -2.03. The molecule has 0 saturated heterocycles. The summed E-state index contributed by atoms with van der Waals surface area (Å²) in [6.45, 7) is 4.09. The standard InChI is InChI=1S/C17H15NO/c1-11-3-6-13(7-4-11)10-15-14-9-12(2)5-8-16(14)18-17(15)19/h3-10H,1-2H3,(H,18,19)/b15-10+. The van der Waals surface area contributed by atoms with Gasteiger partial charge in [0.05, 0.1) is 0 Å². The number of aryl methyl sites for hydroxylation is 2. The fourth-order valence-electron chi connectivity index (χ4n) is 2.27. The fourth-order valence-corrected chi connectivity index (χ4v) is 2.27. The average Bonchev–Trinajstić information content (AvgIpc) is 2.69. The zero-order valence-corrected chi connectivity index (χ0v) is 11.0. The number of benzene rings is 2. The Labute approximate surface area is 112 Å². The molecule has 0 fully saturated rings. The van der Waals surface area contributed by atoms with Gasteiger partial charge in [0, 0.05) is 16.8 Å².